The molecule has 0 radical (unpaired) electrons. The number of hydrogen-bond acceptors (Lipinski definition) is 8. The Bertz CT molecular complexity index is 1850. The number of amides is 1. The molecule has 12 heteroatoms. The van der Waals surface area contributed by atoms with Gasteiger partial charge in [0.25, 0.3) is 5.91 Å². The highest BCUT2D eigenvalue weighted by Crippen LogP contribution is 2.44. The summed E-state index contributed by atoms with van der Waals surface area (Å²) in [5.74, 6) is -0.224. The van der Waals surface area contributed by atoms with Gasteiger partial charge < -0.3 is 19.7 Å². The highest BCUT2D eigenvalue weighted by atomic mass is 32.2. The smallest absolute Gasteiger partial charge is 0.251 e. The minimum absolute atomic E-state index is 0.00141. The molecule has 0 bridgehead atoms. The fourth-order valence-corrected chi connectivity index (χ4v) is 6.70. The summed E-state index contributed by atoms with van der Waals surface area (Å²) in [5, 5.41) is 4.44. The van der Waals surface area contributed by atoms with Crippen molar-refractivity contribution in [3.8, 4) is 11.5 Å². The Kier molecular flexibility index (Phi) is 6.45. The van der Waals surface area contributed by atoms with Crippen LogP contribution >= 0.6 is 0 Å². The van der Waals surface area contributed by atoms with Crippen molar-refractivity contribution in [3.63, 3.8) is 0 Å². The number of benzene rings is 2. The lowest BCUT2D eigenvalue weighted by Crippen LogP contribution is -2.29. The van der Waals surface area contributed by atoms with Crippen molar-refractivity contribution in [3.05, 3.63) is 77.5 Å². The second-order valence-corrected chi connectivity index (χ2v) is 12.7. The standard InChI is InChI=1S/C30H26F2N4O5S/c31-24-11-20(13-26-28(24)41-7-5-27(32)42(26,38)39)30(37)35-16-22-9-19-10-23(4-3-18(19)14-33-22)36-6-8-40-25-12-21(17-1-2-17)15-34-29(25)36/h3-4,9-15,17,27H,1-2,5-8,16H2,(H,35,37)/t27-/m1/s1. The van der Waals surface area contributed by atoms with Gasteiger partial charge in [-0.25, -0.2) is 22.2 Å². The van der Waals surface area contributed by atoms with E-state index in [9.17, 15) is 22.0 Å². The number of anilines is 2. The summed E-state index contributed by atoms with van der Waals surface area (Å²) < 4.78 is 65.0. The molecule has 42 heavy (non-hydrogen) atoms. The van der Waals surface area contributed by atoms with Crippen LogP contribution in [-0.4, -0.2) is 49.6 Å². The number of halogens is 2. The molecule has 2 aliphatic heterocycles. The molecule has 4 aromatic rings. The predicted octanol–water partition coefficient (Wildman–Crippen LogP) is 4.96. The molecule has 7 rings (SSSR count). The average molecular weight is 593 g/mol. The van der Waals surface area contributed by atoms with E-state index < -0.39 is 44.1 Å². The summed E-state index contributed by atoms with van der Waals surface area (Å²) in [7, 11) is -4.50. The molecular formula is C30H26F2N4O5S. The minimum atomic E-state index is -4.50. The van der Waals surface area contributed by atoms with Crippen LogP contribution < -0.4 is 19.7 Å². The molecule has 1 saturated carbocycles. The number of carbonyl (C=O) groups excluding carboxylic acids is 1. The number of ether oxygens (including phenoxy) is 2. The molecule has 0 spiro atoms. The Morgan fingerprint density at radius 1 is 1.00 bits per heavy atom. The lowest BCUT2D eigenvalue weighted by atomic mass is 10.1. The zero-order chi connectivity index (χ0) is 29.0. The van der Waals surface area contributed by atoms with Gasteiger partial charge in [-0.15, -0.1) is 0 Å². The molecule has 2 aromatic heterocycles. The number of aromatic nitrogens is 2. The average Bonchev–Trinajstić information content (AvgIpc) is 3.85. The van der Waals surface area contributed by atoms with Crippen molar-refractivity contribution in [1.29, 1.82) is 0 Å². The number of fused-ring (bicyclic) bond motifs is 3. The van der Waals surface area contributed by atoms with E-state index in [1.165, 1.54) is 18.4 Å². The number of alkyl halides is 1. The molecule has 2 aromatic carbocycles. The van der Waals surface area contributed by atoms with E-state index in [2.05, 4.69) is 21.3 Å². The normalized spacial score (nSPS) is 19.2. The molecule has 1 aliphatic carbocycles. The van der Waals surface area contributed by atoms with Gasteiger partial charge in [0, 0.05) is 35.5 Å². The Morgan fingerprint density at radius 3 is 2.69 bits per heavy atom. The third-order valence-electron chi connectivity index (χ3n) is 7.74. The summed E-state index contributed by atoms with van der Waals surface area (Å²) in [6.07, 6.45) is 5.57. The summed E-state index contributed by atoms with van der Waals surface area (Å²) in [5.41, 5.74) is 0.179. The van der Waals surface area contributed by atoms with Crippen LogP contribution in [-0.2, 0) is 16.4 Å². The second kappa shape index (κ2) is 10.2. The fourth-order valence-electron chi connectivity index (χ4n) is 5.31. The van der Waals surface area contributed by atoms with Gasteiger partial charge in [-0.2, -0.15) is 0 Å². The number of rotatable bonds is 5. The Labute approximate surface area is 240 Å². The molecule has 1 amide bonds. The highest BCUT2D eigenvalue weighted by Gasteiger charge is 2.35. The van der Waals surface area contributed by atoms with Crippen molar-refractivity contribution >= 4 is 38.0 Å². The van der Waals surface area contributed by atoms with E-state index in [0.29, 0.717) is 24.8 Å². The SMILES string of the molecule is O=C(NCc1cc2cc(N3CCOc4cc(C5CC5)cnc43)ccc2cn1)c1cc(F)c2c(c1)S(=O)(=O)[C@@H](F)CCO2. The number of pyridine rings is 2. The minimum Gasteiger partial charge on any atom is -0.489 e. The molecule has 1 fully saturated rings. The maximum Gasteiger partial charge on any atom is 0.251 e. The molecule has 9 nitrogen and oxygen atoms in total. The maximum absolute atomic E-state index is 14.7. The topological polar surface area (TPSA) is 111 Å². The van der Waals surface area contributed by atoms with Crippen molar-refractivity contribution in [1.82, 2.24) is 15.3 Å². The number of nitrogens with one attached hydrogen (secondary N) is 1. The van der Waals surface area contributed by atoms with Gasteiger partial charge in [0.05, 0.1) is 25.4 Å². The maximum atomic E-state index is 14.7. The molecular weight excluding hydrogens is 566 g/mol. The lowest BCUT2D eigenvalue weighted by Gasteiger charge is -2.30. The Morgan fingerprint density at radius 2 is 1.86 bits per heavy atom. The highest BCUT2D eigenvalue weighted by molar-refractivity contribution is 7.92. The number of hydrogen-bond donors (Lipinski definition) is 1. The van der Waals surface area contributed by atoms with E-state index in [1.54, 1.807) is 6.20 Å². The predicted molar refractivity (Wildman–Crippen MR) is 150 cm³/mol. The first kappa shape index (κ1) is 26.6. The summed E-state index contributed by atoms with van der Waals surface area (Å²) >= 11 is 0. The van der Waals surface area contributed by atoms with Gasteiger partial charge in [0.2, 0.25) is 15.3 Å². The summed E-state index contributed by atoms with van der Waals surface area (Å²) in [6, 6.07) is 11.7. The van der Waals surface area contributed by atoms with Crippen LogP contribution in [0, 0.1) is 5.82 Å². The number of sulfone groups is 1. The van der Waals surface area contributed by atoms with E-state index in [0.717, 1.165) is 40.2 Å². The van der Waals surface area contributed by atoms with Crippen LogP contribution in [0.2, 0.25) is 0 Å². The number of nitrogens with zero attached hydrogens (tertiary/aromatic N) is 3. The van der Waals surface area contributed by atoms with Crippen LogP contribution in [0.3, 0.4) is 0 Å². The monoisotopic (exact) mass is 592 g/mol. The van der Waals surface area contributed by atoms with Crippen LogP contribution in [0.25, 0.3) is 10.8 Å². The van der Waals surface area contributed by atoms with Gasteiger partial charge in [-0.1, -0.05) is 6.07 Å². The zero-order valence-corrected chi connectivity index (χ0v) is 23.2. The number of carbonyl (C=O) groups is 1. The van der Waals surface area contributed by atoms with Crippen LogP contribution in [0.5, 0.6) is 11.5 Å². The fraction of sp³-hybridized carbons (Fsp3) is 0.300. The van der Waals surface area contributed by atoms with Crippen molar-refractivity contribution in [2.24, 2.45) is 0 Å². The van der Waals surface area contributed by atoms with Crippen molar-refractivity contribution in [2.75, 3.05) is 24.7 Å². The van der Waals surface area contributed by atoms with Crippen molar-refractivity contribution in [2.45, 2.75) is 42.1 Å². The van der Waals surface area contributed by atoms with E-state index in [4.69, 9.17) is 14.5 Å². The first-order valence-corrected chi connectivity index (χ1v) is 15.2. The van der Waals surface area contributed by atoms with E-state index in [-0.39, 0.29) is 18.7 Å². The van der Waals surface area contributed by atoms with Gasteiger partial charge in [-0.05, 0) is 66.1 Å². The largest absolute Gasteiger partial charge is 0.489 e. The molecule has 0 unspecified atom stereocenters. The second-order valence-electron chi connectivity index (χ2n) is 10.6. The van der Waals surface area contributed by atoms with Crippen LogP contribution in [0.1, 0.15) is 46.8 Å². The van der Waals surface area contributed by atoms with Crippen LogP contribution in [0.4, 0.5) is 20.3 Å². The molecule has 1 atom stereocenters. The van der Waals surface area contributed by atoms with E-state index in [1.807, 2.05) is 30.5 Å². The summed E-state index contributed by atoms with van der Waals surface area (Å²) in [4.78, 5) is 23.5. The third-order valence-corrected chi connectivity index (χ3v) is 9.57. The van der Waals surface area contributed by atoms with Crippen LogP contribution in [0.15, 0.2) is 59.8 Å². The van der Waals surface area contributed by atoms with Gasteiger partial charge >= 0.3 is 0 Å². The van der Waals surface area contributed by atoms with Gasteiger partial charge in [0.15, 0.2) is 23.1 Å². The zero-order valence-electron chi connectivity index (χ0n) is 22.3. The Hall–Kier alpha value is -4.32. The molecule has 216 valence electrons. The molecule has 0 saturated heterocycles. The van der Waals surface area contributed by atoms with E-state index >= 15 is 0 Å². The van der Waals surface area contributed by atoms with Crippen molar-refractivity contribution < 1.29 is 31.5 Å². The lowest BCUT2D eigenvalue weighted by molar-refractivity contribution is 0.0949. The van der Waals surface area contributed by atoms with Gasteiger partial charge in [0.1, 0.15) is 11.5 Å². The summed E-state index contributed by atoms with van der Waals surface area (Å²) in [6.45, 7) is 0.889. The first-order valence-electron chi connectivity index (χ1n) is 13.7. The Balaban J connectivity index is 1.11. The molecule has 1 N–H and O–H groups in total. The quantitative estimate of drug-likeness (QED) is 0.346. The third kappa shape index (κ3) is 4.79. The molecule has 3 aliphatic rings. The molecule has 4 heterocycles. The first-order chi connectivity index (χ1) is 20.3. The van der Waals surface area contributed by atoms with Gasteiger partial charge in [-0.3, -0.25) is 9.78 Å².